The lowest BCUT2D eigenvalue weighted by molar-refractivity contribution is -0.145. The summed E-state index contributed by atoms with van der Waals surface area (Å²) in [5.74, 6) is -1.02. The Morgan fingerprint density at radius 1 is 1.48 bits per heavy atom. The van der Waals surface area contributed by atoms with E-state index in [0.29, 0.717) is 5.69 Å². The number of nitrogens with zero attached hydrogens (tertiary/aromatic N) is 2. The van der Waals surface area contributed by atoms with Crippen molar-refractivity contribution in [2.75, 3.05) is 7.11 Å². The first-order chi connectivity index (χ1) is 11.0. The van der Waals surface area contributed by atoms with Crippen LogP contribution in [0.3, 0.4) is 0 Å². The van der Waals surface area contributed by atoms with Gasteiger partial charge in [-0.1, -0.05) is 0 Å². The minimum Gasteiger partial charge on any atom is -0.467 e. The van der Waals surface area contributed by atoms with Gasteiger partial charge in [-0.25, -0.2) is 9.78 Å². The van der Waals surface area contributed by atoms with Crippen molar-refractivity contribution in [3.05, 3.63) is 52.5 Å². The summed E-state index contributed by atoms with van der Waals surface area (Å²) < 4.78 is 5.97. The number of esters is 1. The second-order valence-electron chi connectivity index (χ2n) is 5.09. The molecule has 2 aromatic heterocycles. The predicted octanol–water partition coefficient (Wildman–Crippen LogP) is -0.220. The van der Waals surface area contributed by atoms with E-state index in [-0.39, 0.29) is 18.5 Å². The van der Waals surface area contributed by atoms with E-state index < -0.39 is 17.9 Å². The van der Waals surface area contributed by atoms with E-state index in [1.807, 2.05) is 0 Å². The maximum Gasteiger partial charge on any atom is 0.328 e. The molecule has 0 aliphatic rings. The summed E-state index contributed by atoms with van der Waals surface area (Å²) in [7, 11) is 1.25. The summed E-state index contributed by atoms with van der Waals surface area (Å²) in [5.41, 5.74) is 1.23. The second-order valence-corrected chi connectivity index (χ2v) is 5.09. The topological polar surface area (TPSA) is 106 Å². The maximum absolute atomic E-state index is 12.1. The molecule has 2 heterocycles. The Kier molecular flexibility index (Phi) is 5.29. The van der Waals surface area contributed by atoms with Crippen LogP contribution in [0.25, 0.3) is 0 Å². The highest BCUT2D eigenvalue weighted by atomic mass is 16.5. The van der Waals surface area contributed by atoms with Gasteiger partial charge in [0, 0.05) is 30.6 Å². The van der Waals surface area contributed by atoms with Crippen molar-refractivity contribution >= 4 is 11.9 Å². The SMILES string of the molecule is COC(=O)[C@H](Cc1cnc[nH]1)NC(=O)Cn1ccc(C)cc1=O. The standard InChI is InChI=1S/C15H18N4O4/c1-10-3-4-19(14(21)5-10)8-13(20)18-12(15(22)23-2)6-11-7-16-9-17-11/h3-5,7,9,12H,6,8H2,1-2H3,(H,16,17)(H,18,20)/t12-/m0/s1. The Bertz CT molecular complexity index is 736. The molecule has 0 radical (unpaired) electrons. The van der Waals surface area contributed by atoms with E-state index >= 15 is 0 Å². The van der Waals surface area contributed by atoms with Gasteiger partial charge in [-0.15, -0.1) is 0 Å². The quantitative estimate of drug-likeness (QED) is 0.716. The molecule has 23 heavy (non-hydrogen) atoms. The van der Waals surface area contributed by atoms with Crippen molar-refractivity contribution in [2.45, 2.75) is 25.9 Å². The van der Waals surface area contributed by atoms with Gasteiger partial charge >= 0.3 is 5.97 Å². The summed E-state index contributed by atoms with van der Waals surface area (Å²) in [4.78, 5) is 42.4. The summed E-state index contributed by atoms with van der Waals surface area (Å²) in [6.45, 7) is 1.62. The number of amides is 1. The number of imidazole rings is 1. The Morgan fingerprint density at radius 3 is 2.87 bits per heavy atom. The molecule has 8 nitrogen and oxygen atoms in total. The maximum atomic E-state index is 12.1. The molecule has 0 unspecified atom stereocenters. The van der Waals surface area contributed by atoms with Gasteiger partial charge in [0.2, 0.25) is 5.91 Å². The molecule has 0 fully saturated rings. The molecule has 2 aromatic rings. The monoisotopic (exact) mass is 318 g/mol. The van der Waals surface area contributed by atoms with Crippen LogP contribution in [0.4, 0.5) is 0 Å². The zero-order valence-corrected chi connectivity index (χ0v) is 12.9. The van der Waals surface area contributed by atoms with E-state index in [1.165, 1.54) is 24.1 Å². The molecule has 0 saturated carbocycles. The highest BCUT2D eigenvalue weighted by molar-refractivity contribution is 5.84. The minimum atomic E-state index is -0.853. The molecule has 0 saturated heterocycles. The van der Waals surface area contributed by atoms with Gasteiger partial charge in [0.05, 0.1) is 13.4 Å². The Morgan fingerprint density at radius 2 is 2.26 bits per heavy atom. The number of methoxy groups -OCH3 is 1. The average Bonchev–Trinajstić information content (AvgIpc) is 3.01. The number of carbonyl (C=O) groups is 2. The Labute approximate surface area is 132 Å². The fraction of sp³-hybridized carbons (Fsp3) is 0.333. The van der Waals surface area contributed by atoms with Gasteiger partial charge in [-0.3, -0.25) is 9.59 Å². The molecule has 1 amide bonds. The van der Waals surface area contributed by atoms with Crippen LogP contribution in [0.2, 0.25) is 0 Å². The first-order valence-corrected chi connectivity index (χ1v) is 7.01. The van der Waals surface area contributed by atoms with Gasteiger partial charge in [-0.05, 0) is 18.6 Å². The molecule has 0 spiro atoms. The third kappa shape index (κ3) is 4.53. The van der Waals surface area contributed by atoms with Gasteiger partial charge < -0.3 is 19.6 Å². The third-order valence-electron chi connectivity index (χ3n) is 3.27. The predicted molar refractivity (Wildman–Crippen MR) is 81.7 cm³/mol. The molecule has 2 N–H and O–H groups in total. The molecular weight excluding hydrogens is 300 g/mol. The first kappa shape index (κ1) is 16.5. The number of H-pyrrole nitrogens is 1. The fourth-order valence-electron chi connectivity index (χ4n) is 2.08. The molecule has 122 valence electrons. The summed E-state index contributed by atoms with van der Waals surface area (Å²) >= 11 is 0. The molecule has 0 aliphatic carbocycles. The number of pyridine rings is 1. The molecule has 0 aliphatic heterocycles. The smallest absolute Gasteiger partial charge is 0.328 e. The number of hydrogen-bond donors (Lipinski definition) is 2. The van der Waals surface area contributed by atoms with Crippen molar-refractivity contribution in [2.24, 2.45) is 0 Å². The lowest BCUT2D eigenvalue weighted by Crippen LogP contribution is -2.45. The second kappa shape index (κ2) is 7.39. The Hall–Kier alpha value is -2.90. The highest BCUT2D eigenvalue weighted by Gasteiger charge is 2.22. The van der Waals surface area contributed by atoms with E-state index in [0.717, 1.165) is 5.56 Å². The molecule has 0 aromatic carbocycles. The van der Waals surface area contributed by atoms with Crippen LogP contribution in [-0.2, 0) is 27.3 Å². The van der Waals surface area contributed by atoms with Gasteiger partial charge in [-0.2, -0.15) is 0 Å². The number of aromatic nitrogens is 3. The molecule has 2 rings (SSSR count). The van der Waals surface area contributed by atoms with Crippen LogP contribution >= 0.6 is 0 Å². The number of aryl methyl sites for hydroxylation is 1. The van der Waals surface area contributed by atoms with Crippen molar-refractivity contribution in [1.82, 2.24) is 19.9 Å². The lowest BCUT2D eigenvalue weighted by Gasteiger charge is -2.16. The van der Waals surface area contributed by atoms with Crippen LogP contribution in [0.5, 0.6) is 0 Å². The summed E-state index contributed by atoms with van der Waals surface area (Å²) in [6, 6.07) is 2.32. The average molecular weight is 318 g/mol. The van der Waals surface area contributed by atoms with Crippen LogP contribution in [0.15, 0.2) is 35.6 Å². The van der Waals surface area contributed by atoms with Crippen LogP contribution in [-0.4, -0.2) is 39.6 Å². The van der Waals surface area contributed by atoms with Crippen molar-refractivity contribution in [1.29, 1.82) is 0 Å². The number of hydrogen-bond acceptors (Lipinski definition) is 5. The largest absolute Gasteiger partial charge is 0.467 e. The van der Waals surface area contributed by atoms with E-state index in [2.05, 4.69) is 15.3 Å². The summed E-state index contributed by atoms with van der Waals surface area (Å²) in [6.07, 6.45) is 4.81. The molecule has 8 heteroatoms. The first-order valence-electron chi connectivity index (χ1n) is 7.01. The minimum absolute atomic E-state index is 0.171. The molecular formula is C15H18N4O4. The highest BCUT2D eigenvalue weighted by Crippen LogP contribution is 2.01. The fourth-order valence-corrected chi connectivity index (χ4v) is 2.08. The van der Waals surface area contributed by atoms with Gasteiger partial charge in [0.25, 0.3) is 5.56 Å². The van der Waals surface area contributed by atoms with Crippen molar-refractivity contribution in [3.63, 3.8) is 0 Å². The van der Waals surface area contributed by atoms with Gasteiger partial charge in [0.15, 0.2) is 0 Å². The van der Waals surface area contributed by atoms with E-state index in [1.54, 1.807) is 25.4 Å². The number of aromatic amines is 1. The molecule has 1 atom stereocenters. The van der Waals surface area contributed by atoms with E-state index in [9.17, 15) is 14.4 Å². The molecule has 0 bridgehead atoms. The van der Waals surface area contributed by atoms with E-state index in [4.69, 9.17) is 4.74 Å². The van der Waals surface area contributed by atoms with Crippen molar-refractivity contribution in [3.8, 4) is 0 Å². The summed E-state index contributed by atoms with van der Waals surface area (Å²) in [5, 5.41) is 2.58. The van der Waals surface area contributed by atoms with Crippen LogP contribution in [0.1, 0.15) is 11.3 Å². The van der Waals surface area contributed by atoms with Crippen LogP contribution in [0, 0.1) is 6.92 Å². The van der Waals surface area contributed by atoms with Crippen LogP contribution < -0.4 is 10.9 Å². The zero-order chi connectivity index (χ0) is 16.8. The van der Waals surface area contributed by atoms with Crippen molar-refractivity contribution < 1.29 is 14.3 Å². The number of rotatable bonds is 6. The number of ether oxygens (including phenoxy) is 1. The lowest BCUT2D eigenvalue weighted by atomic mass is 10.1. The third-order valence-corrected chi connectivity index (χ3v) is 3.27. The number of nitrogens with one attached hydrogen (secondary N) is 2. The van der Waals surface area contributed by atoms with Gasteiger partial charge in [0.1, 0.15) is 12.6 Å². The Balaban J connectivity index is 2.04. The zero-order valence-electron chi connectivity index (χ0n) is 12.9. The number of carbonyl (C=O) groups excluding carboxylic acids is 2. The normalized spacial score (nSPS) is 11.7.